The SMILES string of the molecule is CC(=O)O.CC(=O)O.CCNCCCC[C@H](NC(=O)CN)C(=O)N1CCC[C@H]1C(=O)N[C@@H](CCCN=C(N)N)C(=O)O. The van der Waals surface area contributed by atoms with E-state index in [0.29, 0.717) is 38.6 Å². The molecule has 3 atom stereocenters. The van der Waals surface area contributed by atoms with Crippen LogP contribution in [0.15, 0.2) is 4.99 Å². The van der Waals surface area contributed by atoms with Crippen molar-refractivity contribution in [3.8, 4) is 0 Å². The first-order valence-electron chi connectivity index (χ1n) is 13.7. The lowest BCUT2D eigenvalue weighted by Crippen LogP contribution is -2.55. The third kappa shape index (κ3) is 20.8. The summed E-state index contributed by atoms with van der Waals surface area (Å²) < 4.78 is 0. The lowest BCUT2D eigenvalue weighted by molar-refractivity contribution is -0.145. The lowest BCUT2D eigenvalue weighted by Gasteiger charge is -2.29. The van der Waals surface area contributed by atoms with Crippen molar-refractivity contribution in [3.63, 3.8) is 0 Å². The molecule has 0 unspecified atom stereocenters. The van der Waals surface area contributed by atoms with Crippen molar-refractivity contribution >= 4 is 41.6 Å². The Morgan fingerprint density at radius 3 is 2.00 bits per heavy atom. The van der Waals surface area contributed by atoms with E-state index in [1.807, 2.05) is 6.92 Å². The largest absolute Gasteiger partial charge is 0.481 e. The summed E-state index contributed by atoms with van der Waals surface area (Å²) in [6, 6.07) is -2.72. The minimum Gasteiger partial charge on any atom is -0.481 e. The summed E-state index contributed by atoms with van der Waals surface area (Å²) in [7, 11) is 0. The standard InChI is InChI=1S/C21H40N8O5.2C2H4O2/c1-2-25-10-4-3-7-14(27-17(30)13-22)19(32)29-12-6-9-16(29)18(31)28-15(20(33)34)8-5-11-26-21(23)24;2*1-2(3)4/h14-16,25H,2-13,22H2,1H3,(H,27,30)(H,28,31)(H,33,34)(H4,23,24,26);2*1H3,(H,3,4)/t14-,15-,16-;;/m0../s1. The number of carbonyl (C=O) groups is 6. The molecule has 1 saturated heterocycles. The Labute approximate surface area is 245 Å². The van der Waals surface area contributed by atoms with Crippen molar-refractivity contribution in [1.29, 1.82) is 0 Å². The number of aliphatic carboxylic acids is 3. The molecule has 0 saturated carbocycles. The quantitative estimate of drug-likeness (QED) is 0.0524. The highest BCUT2D eigenvalue weighted by molar-refractivity contribution is 5.94. The van der Waals surface area contributed by atoms with Gasteiger partial charge in [0.05, 0.1) is 6.54 Å². The first-order chi connectivity index (χ1) is 19.7. The van der Waals surface area contributed by atoms with Gasteiger partial charge in [0.25, 0.3) is 11.9 Å². The third-order valence-corrected chi connectivity index (χ3v) is 5.56. The minimum absolute atomic E-state index is 0.0890. The summed E-state index contributed by atoms with van der Waals surface area (Å²) >= 11 is 0. The molecular formula is C25H48N8O9. The van der Waals surface area contributed by atoms with E-state index in [9.17, 15) is 24.3 Å². The molecule has 42 heavy (non-hydrogen) atoms. The molecule has 0 aromatic heterocycles. The predicted molar refractivity (Wildman–Crippen MR) is 154 cm³/mol. The van der Waals surface area contributed by atoms with Gasteiger partial charge in [0, 0.05) is 26.9 Å². The molecule has 1 heterocycles. The summed E-state index contributed by atoms with van der Waals surface area (Å²) in [5.74, 6) is -4.27. The number of likely N-dealkylation sites (tertiary alicyclic amines) is 1. The molecular weight excluding hydrogens is 556 g/mol. The number of guanidine groups is 1. The topological polar surface area (TPSA) is 293 Å². The second-order valence-corrected chi connectivity index (χ2v) is 9.25. The second kappa shape index (κ2) is 23.7. The summed E-state index contributed by atoms with van der Waals surface area (Å²) in [4.78, 5) is 72.9. The molecule has 0 aliphatic carbocycles. The average Bonchev–Trinajstić information content (AvgIpc) is 3.38. The number of nitrogens with zero attached hydrogens (tertiary/aromatic N) is 2. The van der Waals surface area contributed by atoms with E-state index in [4.69, 9.17) is 37.0 Å². The highest BCUT2D eigenvalue weighted by Gasteiger charge is 2.38. The Balaban J connectivity index is 0. The monoisotopic (exact) mass is 604 g/mol. The van der Waals surface area contributed by atoms with Gasteiger partial charge in [0.2, 0.25) is 17.7 Å². The number of carboxylic acid groups (broad SMARTS) is 3. The van der Waals surface area contributed by atoms with Crippen LogP contribution >= 0.6 is 0 Å². The third-order valence-electron chi connectivity index (χ3n) is 5.56. The molecule has 3 amide bonds. The Kier molecular flexibility index (Phi) is 22.6. The maximum atomic E-state index is 13.2. The van der Waals surface area contributed by atoms with E-state index < -0.39 is 47.8 Å². The Hall–Kier alpha value is -3.99. The number of amides is 3. The molecule has 242 valence electrons. The van der Waals surface area contributed by atoms with Crippen molar-refractivity contribution in [1.82, 2.24) is 20.9 Å². The van der Waals surface area contributed by atoms with Gasteiger partial charge in [0.1, 0.15) is 18.1 Å². The fraction of sp³-hybridized carbons (Fsp3) is 0.720. The summed E-state index contributed by atoms with van der Waals surface area (Å²) in [5.41, 5.74) is 15.9. The maximum absolute atomic E-state index is 13.2. The molecule has 17 heteroatoms. The van der Waals surface area contributed by atoms with Crippen LogP contribution < -0.4 is 33.2 Å². The number of hydrogen-bond donors (Lipinski definition) is 9. The highest BCUT2D eigenvalue weighted by atomic mass is 16.4. The smallest absolute Gasteiger partial charge is 0.326 e. The van der Waals surface area contributed by atoms with Crippen LogP contribution in [0.1, 0.15) is 65.7 Å². The van der Waals surface area contributed by atoms with Gasteiger partial charge >= 0.3 is 5.97 Å². The molecule has 17 nitrogen and oxygen atoms in total. The zero-order valence-corrected chi connectivity index (χ0v) is 24.6. The van der Waals surface area contributed by atoms with Crippen LogP contribution in [0.2, 0.25) is 0 Å². The zero-order chi connectivity index (χ0) is 32.7. The number of rotatable bonds is 16. The lowest BCUT2D eigenvalue weighted by atomic mass is 10.1. The predicted octanol–water partition coefficient (Wildman–Crippen LogP) is -1.99. The molecule has 12 N–H and O–H groups in total. The van der Waals surface area contributed by atoms with Crippen LogP contribution in [0.5, 0.6) is 0 Å². The van der Waals surface area contributed by atoms with E-state index >= 15 is 0 Å². The average molecular weight is 605 g/mol. The van der Waals surface area contributed by atoms with Gasteiger partial charge in [-0.2, -0.15) is 0 Å². The Morgan fingerprint density at radius 1 is 0.929 bits per heavy atom. The normalized spacial score (nSPS) is 15.0. The second-order valence-electron chi connectivity index (χ2n) is 9.25. The van der Waals surface area contributed by atoms with Gasteiger partial charge < -0.3 is 53.4 Å². The van der Waals surface area contributed by atoms with Gasteiger partial charge in [-0.15, -0.1) is 0 Å². The van der Waals surface area contributed by atoms with Crippen LogP contribution in [0.25, 0.3) is 0 Å². The van der Waals surface area contributed by atoms with Gasteiger partial charge in [0.15, 0.2) is 5.96 Å². The van der Waals surface area contributed by atoms with Crippen LogP contribution in [-0.2, 0) is 28.8 Å². The first kappa shape index (κ1) is 40.2. The van der Waals surface area contributed by atoms with Crippen molar-refractivity contribution in [2.45, 2.75) is 83.8 Å². The molecule has 1 rings (SSSR count). The fourth-order valence-electron chi connectivity index (χ4n) is 3.82. The number of carboxylic acids is 3. The van der Waals surface area contributed by atoms with Crippen LogP contribution in [0.4, 0.5) is 0 Å². The van der Waals surface area contributed by atoms with Gasteiger partial charge in [-0.3, -0.25) is 29.0 Å². The van der Waals surface area contributed by atoms with Crippen LogP contribution in [-0.4, -0.2) is 113 Å². The van der Waals surface area contributed by atoms with Crippen molar-refractivity contribution in [2.75, 3.05) is 32.7 Å². The van der Waals surface area contributed by atoms with Crippen molar-refractivity contribution in [2.24, 2.45) is 22.2 Å². The van der Waals surface area contributed by atoms with Gasteiger partial charge in [-0.25, -0.2) is 4.79 Å². The molecule has 0 bridgehead atoms. The van der Waals surface area contributed by atoms with E-state index in [1.54, 1.807) is 0 Å². The van der Waals surface area contributed by atoms with Crippen molar-refractivity contribution in [3.05, 3.63) is 0 Å². The van der Waals surface area contributed by atoms with Gasteiger partial charge in [-0.05, 0) is 58.0 Å². The fourth-order valence-corrected chi connectivity index (χ4v) is 3.82. The number of unbranched alkanes of at least 4 members (excludes halogenated alkanes) is 1. The minimum atomic E-state index is -1.18. The summed E-state index contributed by atoms with van der Waals surface area (Å²) in [5, 5.41) is 32.7. The number of aliphatic imine (C=N–C) groups is 1. The van der Waals surface area contributed by atoms with E-state index in [-0.39, 0.29) is 31.4 Å². The maximum Gasteiger partial charge on any atom is 0.326 e. The Bertz CT molecular complexity index is 877. The molecule has 1 fully saturated rings. The van der Waals surface area contributed by atoms with Crippen LogP contribution in [0, 0.1) is 0 Å². The van der Waals surface area contributed by atoms with E-state index in [2.05, 4.69) is 20.9 Å². The molecule has 1 aliphatic rings. The summed E-state index contributed by atoms with van der Waals surface area (Å²) in [6.45, 7) is 6.17. The highest BCUT2D eigenvalue weighted by Crippen LogP contribution is 2.20. The zero-order valence-electron chi connectivity index (χ0n) is 24.6. The molecule has 0 aromatic carbocycles. The van der Waals surface area contributed by atoms with Gasteiger partial charge in [-0.1, -0.05) is 6.92 Å². The molecule has 1 aliphatic heterocycles. The van der Waals surface area contributed by atoms with E-state index in [0.717, 1.165) is 33.4 Å². The number of nitrogens with two attached hydrogens (primary N) is 3. The Morgan fingerprint density at radius 2 is 1.50 bits per heavy atom. The van der Waals surface area contributed by atoms with E-state index in [1.165, 1.54) is 4.90 Å². The van der Waals surface area contributed by atoms with Crippen molar-refractivity contribution < 1.29 is 44.1 Å². The first-order valence-corrected chi connectivity index (χ1v) is 13.7. The number of carbonyl (C=O) groups excluding carboxylic acids is 3. The number of nitrogens with one attached hydrogen (secondary N) is 3. The summed E-state index contributed by atoms with van der Waals surface area (Å²) in [6.07, 6.45) is 3.47. The molecule has 0 aromatic rings. The van der Waals surface area contributed by atoms with Crippen LogP contribution in [0.3, 0.4) is 0 Å². The molecule has 0 spiro atoms. The molecule has 0 radical (unpaired) electrons. The number of hydrogen-bond acceptors (Lipinski definition) is 9.